The third kappa shape index (κ3) is 4.41. The zero-order chi connectivity index (χ0) is 21.8. The molecule has 9 heteroatoms. The molecular weight excluding hydrogens is 394 g/mol. The van der Waals surface area contributed by atoms with Crippen LogP contribution < -0.4 is 20.3 Å². The van der Waals surface area contributed by atoms with E-state index in [0.29, 0.717) is 36.0 Å². The number of pyridine rings is 1. The molecule has 9 nitrogen and oxygen atoms in total. The summed E-state index contributed by atoms with van der Waals surface area (Å²) in [6, 6.07) is 9.42. The first-order valence-corrected chi connectivity index (χ1v) is 10.7. The minimum Gasteiger partial charge on any atom is -0.495 e. The quantitative estimate of drug-likeness (QED) is 0.603. The molecule has 164 valence electrons. The maximum absolute atomic E-state index is 12.6. The third-order valence-electron chi connectivity index (χ3n) is 5.54. The molecule has 1 aromatic carbocycles. The van der Waals surface area contributed by atoms with Crippen molar-refractivity contribution in [3.63, 3.8) is 0 Å². The van der Waals surface area contributed by atoms with E-state index >= 15 is 0 Å². The van der Waals surface area contributed by atoms with Gasteiger partial charge < -0.3 is 25.2 Å². The third-order valence-corrected chi connectivity index (χ3v) is 5.54. The van der Waals surface area contributed by atoms with Crippen molar-refractivity contribution in [1.29, 1.82) is 0 Å². The fraction of sp³-hybridized carbons (Fsp3) is 0.409. The second-order valence-electron chi connectivity index (χ2n) is 7.38. The van der Waals surface area contributed by atoms with Crippen LogP contribution in [0.5, 0.6) is 5.75 Å². The number of piperazine rings is 1. The molecule has 0 unspecified atom stereocenters. The van der Waals surface area contributed by atoms with Gasteiger partial charge in [0.15, 0.2) is 5.65 Å². The summed E-state index contributed by atoms with van der Waals surface area (Å²) in [5.74, 6) is 1.03. The van der Waals surface area contributed by atoms with E-state index in [1.165, 1.54) is 0 Å². The van der Waals surface area contributed by atoms with Crippen molar-refractivity contribution in [2.45, 2.75) is 13.8 Å². The van der Waals surface area contributed by atoms with Gasteiger partial charge in [0, 0.05) is 44.8 Å². The van der Waals surface area contributed by atoms with Crippen LogP contribution in [0.4, 0.5) is 17.3 Å². The maximum atomic E-state index is 12.6. The van der Waals surface area contributed by atoms with E-state index in [9.17, 15) is 4.79 Å². The van der Waals surface area contributed by atoms with Crippen molar-refractivity contribution >= 4 is 28.9 Å². The molecule has 0 atom stereocenters. The standard InChI is InChI=1S/C22H29N7O2/c1-4-27(5-2)21(30)16-6-8-18(19(14-16)31-3)24-22-25-20-9-7-17(15-29(20)26-22)28-12-10-23-11-13-28/h6-9,14-15,23H,4-5,10-13H2,1-3H3,(H,24,26). The van der Waals surface area contributed by atoms with E-state index < -0.39 is 0 Å². The normalized spacial score (nSPS) is 14.0. The fourth-order valence-electron chi connectivity index (χ4n) is 3.78. The maximum Gasteiger partial charge on any atom is 0.253 e. The monoisotopic (exact) mass is 423 g/mol. The molecular formula is C22H29N7O2. The van der Waals surface area contributed by atoms with Gasteiger partial charge in [0.2, 0.25) is 5.95 Å². The van der Waals surface area contributed by atoms with Gasteiger partial charge in [0.05, 0.1) is 24.7 Å². The molecule has 2 aromatic heterocycles. The van der Waals surface area contributed by atoms with Crippen LogP contribution >= 0.6 is 0 Å². The Morgan fingerprint density at radius 3 is 2.68 bits per heavy atom. The minimum atomic E-state index is -0.0128. The van der Waals surface area contributed by atoms with Crippen LogP contribution in [0.1, 0.15) is 24.2 Å². The molecule has 0 saturated carbocycles. The molecule has 1 aliphatic rings. The number of anilines is 3. The van der Waals surface area contributed by atoms with Crippen molar-refractivity contribution in [3.05, 3.63) is 42.1 Å². The van der Waals surface area contributed by atoms with Gasteiger partial charge in [-0.15, -0.1) is 5.10 Å². The van der Waals surface area contributed by atoms with Gasteiger partial charge in [-0.2, -0.15) is 4.98 Å². The zero-order valence-corrected chi connectivity index (χ0v) is 18.3. The van der Waals surface area contributed by atoms with Crippen LogP contribution in [0.25, 0.3) is 5.65 Å². The van der Waals surface area contributed by atoms with E-state index in [4.69, 9.17) is 4.74 Å². The van der Waals surface area contributed by atoms with E-state index in [1.807, 2.05) is 32.2 Å². The number of nitrogens with one attached hydrogen (secondary N) is 2. The lowest BCUT2D eigenvalue weighted by atomic mass is 10.1. The molecule has 0 bridgehead atoms. The van der Waals surface area contributed by atoms with Crippen LogP contribution in [-0.2, 0) is 0 Å². The number of ether oxygens (including phenoxy) is 1. The number of rotatable bonds is 7. The summed E-state index contributed by atoms with van der Waals surface area (Å²) in [5.41, 5.74) is 3.18. The lowest BCUT2D eigenvalue weighted by Crippen LogP contribution is -2.43. The number of hydrogen-bond acceptors (Lipinski definition) is 7. The Hall–Kier alpha value is -3.33. The number of carbonyl (C=O) groups is 1. The smallest absolute Gasteiger partial charge is 0.253 e. The Kier molecular flexibility index (Phi) is 6.22. The molecule has 1 aliphatic heterocycles. The Balaban J connectivity index is 1.56. The molecule has 4 rings (SSSR count). The first-order valence-electron chi connectivity index (χ1n) is 10.7. The van der Waals surface area contributed by atoms with Crippen molar-refractivity contribution < 1.29 is 9.53 Å². The molecule has 1 saturated heterocycles. The predicted octanol–water partition coefficient (Wildman–Crippen LogP) is 2.37. The summed E-state index contributed by atoms with van der Waals surface area (Å²) in [5, 5.41) is 11.2. The first kappa shape index (κ1) is 20.9. The molecule has 31 heavy (non-hydrogen) atoms. The highest BCUT2D eigenvalue weighted by atomic mass is 16.5. The number of nitrogens with zero attached hydrogens (tertiary/aromatic N) is 5. The van der Waals surface area contributed by atoms with Gasteiger partial charge in [-0.05, 0) is 44.2 Å². The fourth-order valence-corrected chi connectivity index (χ4v) is 3.78. The number of amides is 1. The van der Waals surface area contributed by atoms with Gasteiger partial charge in [-0.25, -0.2) is 4.52 Å². The summed E-state index contributed by atoms with van der Waals surface area (Å²) in [4.78, 5) is 21.3. The Labute approximate surface area is 182 Å². The molecule has 1 amide bonds. The summed E-state index contributed by atoms with van der Waals surface area (Å²) in [7, 11) is 1.59. The summed E-state index contributed by atoms with van der Waals surface area (Å²) in [6.07, 6.45) is 2.00. The first-order chi connectivity index (χ1) is 15.1. The highest BCUT2D eigenvalue weighted by Gasteiger charge is 2.16. The van der Waals surface area contributed by atoms with Gasteiger partial charge in [0.25, 0.3) is 5.91 Å². The second-order valence-corrected chi connectivity index (χ2v) is 7.38. The van der Waals surface area contributed by atoms with Gasteiger partial charge in [0.1, 0.15) is 5.75 Å². The van der Waals surface area contributed by atoms with E-state index in [-0.39, 0.29) is 5.91 Å². The molecule has 1 fully saturated rings. The van der Waals surface area contributed by atoms with Crippen LogP contribution in [0.15, 0.2) is 36.5 Å². The van der Waals surface area contributed by atoms with Crippen LogP contribution in [0.3, 0.4) is 0 Å². The highest BCUT2D eigenvalue weighted by molar-refractivity contribution is 5.95. The van der Waals surface area contributed by atoms with Crippen molar-refractivity contribution in [2.75, 3.05) is 56.6 Å². The Bertz CT molecular complexity index is 1060. The number of hydrogen-bond donors (Lipinski definition) is 2. The average molecular weight is 424 g/mol. The van der Waals surface area contributed by atoms with Gasteiger partial charge in [-0.3, -0.25) is 4.79 Å². The largest absolute Gasteiger partial charge is 0.495 e. The second kappa shape index (κ2) is 9.22. The van der Waals surface area contributed by atoms with Crippen LogP contribution in [-0.4, -0.2) is 71.8 Å². The lowest BCUT2D eigenvalue weighted by Gasteiger charge is -2.29. The van der Waals surface area contributed by atoms with Crippen molar-refractivity contribution in [2.24, 2.45) is 0 Å². The van der Waals surface area contributed by atoms with Crippen LogP contribution in [0, 0.1) is 0 Å². The van der Waals surface area contributed by atoms with E-state index in [2.05, 4.69) is 31.7 Å². The van der Waals surface area contributed by atoms with Gasteiger partial charge >= 0.3 is 0 Å². The summed E-state index contributed by atoms with van der Waals surface area (Å²) >= 11 is 0. The number of fused-ring (bicyclic) bond motifs is 1. The van der Waals surface area contributed by atoms with E-state index in [1.54, 1.807) is 28.7 Å². The van der Waals surface area contributed by atoms with Gasteiger partial charge in [-0.1, -0.05) is 0 Å². The molecule has 0 spiro atoms. The van der Waals surface area contributed by atoms with Crippen molar-refractivity contribution in [1.82, 2.24) is 24.8 Å². The average Bonchev–Trinajstić information content (AvgIpc) is 3.22. The lowest BCUT2D eigenvalue weighted by molar-refractivity contribution is 0.0772. The molecule has 0 aliphatic carbocycles. The number of aromatic nitrogens is 3. The number of methoxy groups -OCH3 is 1. The Morgan fingerprint density at radius 1 is 1.19 bits per heavy atom. The topological polar surface area (TPSA) is 87.0 Å². The molecule has 3 aromatic rings. The van der Waals surface area contributed by atoms with Crippen LogP contribution in [0.2, 0.25) is 0 Å². The summed E-state index contributed by atoms with van der Waals surface area (Å²) in [6.45, 7) is 9.18. The summed E-state index contributed by atoms with van der Waals surface area (Å²) < 4.78 is 7.30. The number of carbonyl (C=O) groups excluding carboxylic acids is 1. The minimum absolute atomic E-state index is 0.0128. The Morgan fingerprint density at radius 2 is 1.97 bits per heavy atom. The van der Waals surface area contributed by atoms with E-state index in [0.717, 1.165) is 37.5 Å². The highest BCUT2D eigenvalue weighted by Crippen LogP contribution is 2.28. The zero-order valence-electron chi connectivity index (χ0n) is 18.3. The SMILES string of the molecule is CCN(CC)C(=O)c1ccc(Nc2nc3ccc(N4CCNCC4)cn3n2)c(OC)c1. The van der Waals surface area contributed by atoms with Crippen molar-refractivity contribution in [3.8, 4) is 5.75 Å². The molecule has 0 radical (unpaired) electrons. The molecule has 2 N–H and O–H groups in total. The predicted molar refractivity (Wildman–Crippen MR) is 122 cm³/mol. The molecule has 3 heterocycles. The number of benzene rings is 1.